The van der Waals surface area contributed by atoms with Crippen LogP contribution < -0.4 is 10.9 Å². The SMILES string of the molecule is Cn1cccc(C(=O)N2CCC(CNC(=O)c3ccc(Br)cc3)CC2)c1=O. The molecular formula is C20H22BrN3O3. The summed E-state index contributed by atoms with van der Waals surface area (Å²) in [6.45, 7) is 1.77. The lowest BCUT2D eigenvalue weighted by atomic mass is 9.96. The van der Waals surface area contributed by atoms with Crippen molar-refractivity contribution in [3.05, 3.63) is 68.5 Å². The molecule has 0 spiro atoms. The van der Waals surface area contributed by atoms with Crippen LogP contribution >= 0.6 is 15.9 Å². The van der Waals surface area contributed by atoms with Gasteiger partial charge in [-0.3, -0.25) is 14.4 Å². The number of halogens is 1. The molecule has 0 saturated carbocycles. The monoisotopic (exact) mass is 431 g/mol. The molecular weight excluding hydrogens is 410 g/mol. The van der Waals surface area contributed by atoms with Gasteiger partial charge in [-0.05, 0) is 55.2 Å². The van der Waals surface area contributed by atoms with Crippen LogP contribution in [-0.2, 0) is 7.05 Å². The normalized spacial score (nSPS) is 14.8. The average molecular weight is 432 g/mol. The molecule has 1 aliphatic rings. The molecule has 0 atom stereocenters. The fourth-order valence-electron chi connectivity index (χ4n) is 3.21. The Kier molecular flexibility index (Phi) is 6.11. The molecule has 1 N–H and O–H groups in total. The molecule has 0 radical (unpaired) electrons. The van der Waals surface area contributed by atoms with Crippen LogP contribution in [0.4, 0.5) is 0 Å². The Balaban J connectivity index is 1.51. The minimum atomic E-state index is -0.272. The predicted octanol–water partition coefficient (Wildman–Crippen LogP) is 2.43. The maximum Gasteiger partial charge on any atom is 0.263 e. The van der Waals surface area contributed by atoms with Crippen LogP contribution in [0.5, 0.6) is 0 Å². The predicted molar refractivity (Wildman–Crippen MR) is 107 cm³/mol. The highest BCUT2D eigenvalue weighted by molar-refractivity contribution is 9.10. The van der Waals surface area contributed by atoms with Crippen molar-refractivity contribution in [3.63, 3.8) is 0 Å². The molecule has 0 bridgehead atoms. The summed E-state index contributed by atoms with van der Waals surface area (Å²) < 4.78 is 2.35. The fraction of sp³-hybridized carbons (Fsp3) is 0.350. The van der Waals surface area contributed by atoms with Crippen LogP contribution in [0.25, 0.3) is 0 Å². The van der Waals surface area contributed by atoms with Crippen molar-refractivity contribution in [1.82, 2.24) is 14.8 Å². The summed E-state index contributed by atoms with van der Waals surface area (Å²) in [7, 11) is 1.64. The maximum atomic E-state index is 12.6. The first-order valence-electron chi connectivity index (χ1n) is 8.94. The summed E-state index contributed by atoms with van der Waals surface area (Å²) in [5.41, 5.74) is 0.569. The fourth-order valence-corrected chi connectivity index (χ4v) is 3.48. The third-order valence-electron chi connectivity index (χ3n) is 4.91. The van der Waals surface area contributed by atoms with Gasteiger partial charge >= 0.3 is 0 Å². The van der Waals surface area contributed by atoms with Crippen molar-refractivity contribution in [2.45, 2.75) is 12.8 Å². The number of aryl methyl sites for hydroxylation is 1. The molecule has 142 valence electrons. The highest BCUT2D eigenvalue weighted by Gasteiger charge is 2.25. The van der Waals surface area contributed by atoms with Crippen molar-refractivity contribution in [2.24, 2.45) is 13.0 Å². The lowest BCUT2D eigenvalue weighted by Crippen LogP contribution is -2.43. The number of nitrogens with one attached hydrogen (secondary N) is 1. The molecule has 2 amide bonds. The van der Waals surface area contributed by atoms with Gasteiger partial charge < -0.3 is 14.8 Å². The summed E-state index contributed by atoms with van der Waals surface area (Å²) in [5.74, 6) is 0.0226. The number of carbonyl (C=O) groups is 2. The number of nitrogens with zero attached hydrogens (tertiary/aromatic N) is 2. The highest BCUT2D eigenvalue weighted by Crippen LogP contribution is 2.18. The number of hydrogen-bond acceptors (Lipinski definition) is 3. The van der Waals surface area contributed by atoms with Gasteiger partial charge in [0.2, 0.25) is 0 Å². The summed E-state index contributed by atoms with van der Waals surface area (Å²) in [4.78, 5) is 38.6. The van der Waals surface area contributed by atoms with Crippen LogP contribution in [0.2, 0.25) is 0 Å². The number of likely N-dealkylation sites (tertiary alicyclic amines) is 1. The molecule has 2 heterocycles. The van der Waals surface area contributed by atoms with E-state index in [1.807, 2.05) is 12.1 Å². The van der Waals surface area contributed by atoms with E-state index in [0.717, 1.165) is 17.3 Å². The molecule has 0 aliphatic carbocycles. The first-order valence-corrected chi connectivity index (χ1v) is 9.73. The number of piperidine rings is 1. The second-order valence-corrected chi connectivity index (χ2v) is 7.71. The Morgan fingerprint density at radius 3 is 2.48 bits per heavy atom. The van der Waals surface area contributed by atoms with E-state index in [1.165, 1.54) is 4.57 Å². The largest absolute Gasteiger partial charge is 0.352 e. The van der Waals surface area contributed by atoms with E-state index >= 15 is 0 Å². The number of hydrogen-bond donors (Lipinski definition) is 1. The van der Waals surface area contributed by atoms with Gasteiger partial charge in [0.05, 0.1) is 0 Å². The molecule has 1 aliphatic heterocycles. The second kappa shape index (κ2) is 8.52. The maximum absolute atomic E-state index is 12.6. The van der Waals surface area contributed by atoms with Gasteiger partial charge in [0, 0.05) is 42.9 Å². The topological polar surface area (TPSA) is 71.4 Å². The van der Waals surface area contributed by atoms with Crippen LogP contribution in [0.1, 0.15) is 33.6 Å². The van der Waals surface area contributed by atoms with E-state index in [-0.39, 0.29) is 22.9 Å². The number of benzene rings is 1. The van der Waals surface area contributed by atoms with Gasteiger partial charge in [0.15, 0.2) is 0 Å². The lowest BCUT2D eigenvalue weighted by Gasteiger charge is -2.32. The molecule has 1 fully saturated rings. The van der Waals surface area contributed by atoms with Gasteiger partial charge in [-0.15, -0.1) is 0 Å². The van der Waals surface area contributed by atoms with E-state index in [0.29, 0.717) is 31.1 Å². The Morgan fingerprint density at radius 2 is 1.81 bits per heavy atom. The third kappa shape index (κ3) is 4.66. The van der Waals surface area contributed by atoms with Gasteiger partial charge in [-0.25, -0.2) is 0 Å². The number of pyridine rings is 1. The van der Waals surface area contributed by atoms with E-state index in [4.69, 9.17) is 0 Å². The standard InChI is InChI=1S/C20H22BrN3O3/c1-23-10-2-3-17(19(23)26)20(27)24-11-8-14(9-12-24)13-22-18(25)15-4-6-16(21)7-5-15/h2-7,10,14H,8-9,11-13H2,1H3,(H,22,25). The van der Waals surface area contributed by atoms with Gasteiger partial charge in [-0.2, -0.15) is 0 Å². The number of rotatable bonds is 4. The van der Waals surface area contributed by atoms with Crippen LogP contribution in [0.3, 0.4) is 0 Å². The molecule has 2 aromatic rings. The van der Waals surface area contributed by atoms with Crippen molar-refractivity contribution in [2.75, 3.05) is 19.6 Å². The molecule has 1 aromatic heterocycles. The van der Waals surface area contributed by atoms with Crippen LogP contribution in [-0.4, -0.2) is 40.9 Å². The van der Waals surface area contributed by atoms with Crippen LogP contribution in [0, 0.1) is 5.92 Å². The van der Waals surface area contributed by atoms with Crippen molar-refractivity contribution >= 4 is 27.7 Å². The number of amides is 2. The lowest BCUT2D eigenvalue weighted by molar-refractivity contribution is 0.0682. The average Bonchev–Trinajstić information content (AvgIpc) is 2.68. The minimum absolute atomic E-state index is 0.0891. The molecule has 0 unspecified atom stereocenters. The van der Waals surface area contributed by atoms with E-state index in [2.05, 4.69) is 21.2 Å². The van der Waals surface area contributed by atoms with Crippen molar-refractivity contribution < 1.29 is 9.59 Å². The van der Waals surface area contributed by atoms with Gasteiger partial charge in [-0.1, -0.05) is 15.9 Å². The highest BCUT2D eigenvalue weighted by atomic mass is 79.9. The first kappa shape index (κ1) is 19.4. The number of carbonyl (C=O) groups excluding carboxylic acids is 2. The Morgan fingerprint density at radius 1 is 1.15 bits per heavy atom. The van der Waals surface area contributed by atoms with Gasteiger partial charge in [0.1, 0.15) is 5.56 Å². The zero-order valence-electron chi connectivity index (χ0n) is 15.2. The Bertz CT molecular complexity index is 884. The molecule has 1 aromatic carbocycles. The van der Waals surface area contributed by atoms with E-state index in [9.17, 15) is 14.4 Å². The summed E-state index contributed by atoms with van der Waals surface area (Å²) in [5, 5.41) is 2.97. The summed E-state index contributed by atoms with van der Waals surface area (Å²) in [6.07, 6.45) is 3.25. The van der Waals surface area contributed by atoms with Crippen LogP contribution in [0.15, 0.2) is 51.9 Å². The molecule has 1 saturated heterocycles. The summed E-state index contributed by atoms with van der Waals surface area (Å²) in [6, 6.07) is 10.5. The van der Waals surface area contributed by atoms with E-state index < -0.39 is 0 Å². The second-order valence-electron chi connectivity index (χ2n) is 6.79. The molecule has 27 heavy (non-hydrogen) atoms. The third-order valence-corrected chi connectivity index (χ3v) is 5.44. The first-order chi connectivity index (χ1) is 13.0. The minimum Gasteiger partial charge on any atom is -0.352 e. The zero-order chi connectivity index (χ0) is 19.4. The Hall–Kier alpha value is -2.41. The van der Waals surface area contributed by atoms with E-state index in [1.54, 1.807) is 42.4 Å². The smallest absolute Gasteiger partial charge is 0.263 e. The molecule has 6 nitrogen and oxygen atoms in total. The van der Waals surface area contributed by atoms with Gasteiger partial charge in [0.25, 0.3) is 17.4 Å². The zero-order valence-corrected chi connectivity index (χ0v) is 16.7. The Labute approximate surface area is 166 Å². The summed E-state index contributed by atoms with van der Waals surface area (Å²) >= 11 is 3.35. The quantitative estimate of drug-likeness (QED) is 0.807. The molecule has 7 heteroatoms. The van der Waals surface area contributed by atoms with Crippen molar-refractivity contribution in [1.29, 1.82) is 0 Å². The number of aromatic nitrogens is 1. The molecule has 3 rings (SSSR count). The van der Waals surface area contributed by atoms with Crippen molar-refractivity contribution in [3.8, 4) is 0 Å².